The Bertz CT molecular complexity index is 1070. The molecule has 3 saturated heterocycles. The van der Waals surface area contributed by atoms with Gasteiger partial charge in [-0.15, -0.1) is 24.9 Å². The summed E-state index contributed by atoms with van der Waals surface area (Å²) in [6, 6.07) is 9.23. The zero-order valence-corrected chi connectivity index (χ0v) is 24.2. The highest BCUT2D eigenvalue weighted by atomic mass is 32.2. The van der Waals surface area contributed by atoms with Crippen LogP contribution >= 0.6 is 11.8 Å². The molecule has 1 aromatic carbocycles. The molecule has 6 atom stereocenters. The van der Waals surface area contributed by atoms with E-state index < -0.39 is 22.6 Å². The van der Waals surface area contributed by atoms with E-state index in [2.05, 4.69) is 27.0 Å². The number of hydrogen-bond donors (Lipinski definition) is 1. The second-order valence-electron chi connectivity index (χ2n) is 11.1. The summed E-state index contributed by atoms with van der Waals surface area (Å²) in [4.78, 5) is 48.1. The molecule has 3 unspecified atom stereocenters. The second kappa shape index (κ2) is 12.7. The van der Waals surface area contributed by atoms with Gasteiger partial charge in [-0.3, -0.25) is 14.4 Å². The van der Waals surface area contributed by atoms with Crippen LogP contribution in [0.2, 0.25) is 0 Å². The Kier molecular flexibility index (Phi) is 9.60. The van der Waals surface area contributed by atoms with Crippen molar-refractivity contribution in [3.63, 3.8) is 0 Å². The van der Waals surface area contributed by atoms with Crippen molar-refractivity contribution in [2.45, 2.75) is 74.6 Å². The number of nitrogens with zero attached hydrogens (tertiary/aromatic N) is 3. The monoisotopic (exact) mass is 553 g/mol. The summed E-state index contributed by atoms with van der Waals surface area (Å²) in [6.45, 7) is 13.4. The number of fused-ring (bicyclic) bond motifs is 1. The van der Waals surface area contributed by atoms with Gasteiger partial charge in [0.05, 0.1) is 16.6 Å². The summed E-state index contributed by atoms with van der Waals surface area (Å²) in [6.07, 6.45) is 7.22. The van der Waals surface area contributed by atoms with E-state index in [1.165, 1.54) is 0 Å². The van der Waals surface area contributed by atoms with Gasteiger partial charge in [0.25, 0.3) is 0 Å². The quantitative estimate of drug-likeness (QED) is 0.354. The molecule has 0 aliphatic carbocycles. The summed E-state index contributed by atoms with van der Waals surface area (Å²) >= 11 is 1.69. The van der Waals surface area contributed by atoms with Crippen molar-refractivity contribution in [3.8, 4) is 0 Å². The number of carbonyl (C=O) groups is 3. The number of aliphatic hydroxyl groups excluding tert-OH is 1. The topological polar surface area (TPSA) is 81.2 Å². The molecule has 3 aliphatic heterocycles. The maximum atomic E-state index is 14.3. The van der Waals surface area contributed by atoms with E-state index in [1.807, 2.05) is 35.2 Å². The van der Waals surface area contributed by atoms with Crippen LogP contribution in [0, 0.1) is 11.8 Å². The largest absolute Gasteiger partial charge is 0.396 e. The third-order valence-electron chi connectivity index (χ3n) is 8.60. The summed E-state index contributed by atoms with van der Waals surface area (Å²) in [5.74, 6) is -1.23. The molecule has 1 aromatic rings. The van der Waals surface area contributed by atoms with Gasteiger partial charge < -0.3 is 19.8 Å². The van der Waals surface area contributed by atoms with E-state index in [1.54, 1.807) is 33.7 Å². The molecule has 3 aliphatic rings. The normalized spacial score (nSPS) is 27.8. The van der Waals surface area contributed by atoms with Gasteiger partial charge in [-0.1, -0.05) is 55.8 Å². The first kappa shape index (κ1) is 29.4. The molecule has 7 nitrogen and oxygen atoms in total. The molecule has 3 amide bonds. The van der Waals surface area contributed by atoms with Crippen LogP contribution in [0.4, 0.5) is 0 Å². The van der Waals surface area contributed by atoms with Crippen molar-refractivity contribution < 1.29 is 19.5 Å². The van der Waals surface area contributed by atoms with Crippen LogP contribution in [0.15, 0.2) is 55.6 Å². The first-order valence-corrected chi connectivity index (χ1v) is 15.2. The highest BCUT2D eigenvalue weighted by Crippen LogP contribution is 2.66. The molecule has 3 heterocycles. The minimum Gasteiger partial charge on any atom is -0.396 e. The predicted octanol–water partition coefficient (Wildman–Crippen LogP) is 3.88. The molecule has 1 spiro atoms. The summed E-state index contributed by atoms with van der Waals surface area (Å²) in [5.41, 5.74) is 1.03. The number of hydrogen-bond acceptors (Lipinski definition) is 5. The van der Waals surface area contributed by atoms with Gasteiger partial charge in [-0.05, 0) is 38.2 Å². The lowest BCUT2D eigenvalue weighted by atomic mass is 9.70. The van der Waals surface area contributed by atoms with Gasteiger partial charge >= 0.3 is 0 Å². The fraction of sp³-hybridized carbons (Fsp3) is 0.581. The lowest BCUT2D eigenvalue weighted by Crippen LogP contribution is -2.56. The van der Waals surface area contributed by atoms with Gasteiger partial charge in [-0.25, -0.2) is 0 Å². The molecule has 212 valence electrons. The molecule has 1 N–H and O–H groups in total. The third kappa shape index (κ3) is 5.42. The molecular weight excluding hydrogens is 510 g/mol. The molecule has 8 heteroatoms. The Balaban J connectivity index is 1.69. The van der Waals surface area contributed by atoms with Crippen molar-refractivity contribution >= 4 is 29.5 Å². The Morgan fingerprint density at radius 1 is 1.21 bits per heavy atom. The van der Waals surface area contributed by atoms with E-state index in [4.69, 9.17) is 0 Å². The Hall–Kier alpha value is -2.58. The van der Waals surface area contributed by atoms with E-state index in [0.717, 1.165) is 31.2 Å². The van der Waals surface area contributed by atoms with Crippen LogP contribution in [0.1, 0.15) is 51.5 Å². The number of aliphatic hydroxyl groups is 1. The summed E-state index contributed by atoms with van der Waals surface area (Å²) in [5, 5.41) is 9.62. The molecular formula is C31H43N3O4S. The first-order chi connectivity index (χ1) is 18.8. The minimum absolute atomic E-state index is 0.00532. The van der Waals surface area contributed by atoms with Crippen molar-refractivity contribution in [2.24, 2.45) is 11.8 Å². The van der Waals surface area contributed by atoms with Crippen LogP contribution in [0.3, 0.4) is 0 Å². The SMILES string of the molecule is C=CCN(Cc1ccccc1)C(=O)[C@@H]1[C@H]2C(=O)N(CCCO)C(C(=O)N(CC=C)C(C)CCC)C23CC[C@H]1S3. The van der Waals surface area contributed by atoms with Gasteiger partial charge in [0, 0.05) is 44.1 Å². The van der Waals surface area contributed by atoms with Crippen molar-refractivity contribution in [1.29, 1.82) is 0 Å². The standard InChI is InChI=1S/C31H43N3O4S/c1-5-12-22(4)33(18-7-3)30(38)27-31-16-15-24(39-31)25(26(31)29(37)34(27)19-11-20-35)28(36)32(17-6-2)21-23-13-9-8-10-14-23/h6-10,13-14,22,24-27,35H,2-3,5,11-12,15-21H2,1,4H3/t22?,24-,25+,26+,27?,31?/m1/s1. The number of rotatable bonds is 14. The zero-order valence-electron chi connectivity index (χ0n) is 23.3. The van der Waals surface area contributed by atoms with E-state index in [-0.39, 0.29) is 35.6 Å². The summed E-state index contributed by atoms with van der Waals surface area (Å²) in [7, 11) is 0. The van der Waals surface area contributed by atoms with Gasteiger partial charge in [-0.2, -0.15) is 0 Å². The Labute approximate surface area is 237 Å². The number of amides is 3. The van der Waals surface area contributed by atoms with Crippen molar-refractivity contribution in [2.75, 3.05) is 26.2 Å². The lowest BCUT2D eigenvalue weighted by molar-refractivity contribution is -0.145. The van der Waals surface area contributed by atoms with Crippen molar-refractivity contribution in [3.05, 3.63) is 61.2 Å². The molecule has 3 fully saturated rings. The smallest absolute Gasteiger partial charge is 0.247 e. The number of likely N-dealkylation sites (tertiary alicyclic amines) is 1. The maximum absolute atomic E-state index is 14.3. The molecule has 0 saturated carbocycles. The van der Waals surface area contributed by atoms with Gasteiger partial charge in [0.15, 0.2) is 0 Å². The molecule has 4 rings (SSSR count). The fourth-order valence-electron chi connectivity index (χ4n) is 6.96. The highest BCUT2D eigenvalue weighted by Gasteiger charge is 2.74. The zero-order chi connectivity index (χ0) is 28.2. The van der Waals surface area contributed by atoms with E-state index in [9.17, 15) is 19.5 Å². The van der Waals surface area contributed by atoms with Crippen molar-refractivity contribution in [1.82, 2.24) is 14.7 Å². The Morgan fingerprint density at radius 3 is 2.56 bits per heavy atom. The van der Waals surface area contributed by atoms with E-state index in [0.29, 0.717) is 32.6 Å². The summed E-state index contributed by atoms with van der Waals surface area (Å²) < 4.78 is -0.632. The fourth-order valence-corrected chi connectivity index (χ4v) is 9.16. The van der Waals surface area contributed by atoms with Crippen LogP contribution < -0.4 is 0 Å². The van der Waals surface area contributed by atoms with Crippen LogP contribution in [-0.4, -0.2) is 85.8 Å². The maximum Gasteiger partial charge on any atom is 0.247 e. The average molecular weight is 554 g/mol. The van der Waals surface area contributed by atoms with Gasteiger partial charge in [0.1, 0.15) is 6.04 Å². The number of thioether (sulfide) groups is 1. The predicted molar refractivity (Wildman–Crippen MR) is 156 cm³/mol. The molecule has 39 heavy (non-hydrogen) atoms. The Morgan fingerprint density at radius 2 is 1.92 bits per heavy atom. The second-order valence-corrected chi connectivity index (χ2v) is 12.7. The van der Waals surface area contributed by atoms with Crippen LogP contribution in [0.5, 0.6) is 0 Å². The first-order valence-electron chi connectivity index (χ1n) is 14.3. The molecule has 0 radical (unpaired) electrons. The number of carbonyl (C=O) groups excluding carboxylic acids is 3. The third-order valence-corrected chi connectivity index (χ3v) is 10.6. The number of benzene rings is 1. The average Bonchev–Trinajstić information content (AvgIpc) is 3.57. The van der Waals surface area contributed by atoms with E-state index >= 15 is 0 Å². The van der Waals surface area contributed by atoms with Gasteiger partial charge in [0.2, 0.25) is 17.7 Å². The van der Waals surface area contributed by atoms with Crippen LogP contribution in [-0.2, 0) is 20.9 Å². The molecule has 2 bridgehead atoms. The molecule has 0 aromatic heterocycles. The van der Waals surface area contributed by atoms with Crippen LogP contribution in [0.25, 0.3) is 0 Å². The minimum atomic E-state index is -0.643. The highest BCUT2D eigenvalue weighted by molar-refractivity contribution is 8.02. The lowest BCUT2D eigenvalue weighted by Gasteiger charge is -2.39.